The molecule has 0 bridgehead atoms. The summed E-state index contributed by atoms with van der Waals surface area (Å²) in [5, 5.41) is 3.74. The van der Waals surface area contributed by atoms with Gasteiger partial charge >= 0.3 is 0 Å². The fourth-order valence-corrected chi connectivity index (χ4v) is 3.22. The molecule has 0 aromatic heterocycles. The lowest BCUT2D eigenvalue weighted by Gasteiger charge is -2.46. The molecule has 110 valence electrons. The minimum Gasteiger partial charge on any atom is -0.312 e. The Balaban J connectivity index is 4.70. The molecule has 0 saturated carbocycles. The second-order valence-electron chi connectivity index (χ2n) is 6.14. The topological polar surface area (TPSA) is 15.3 Å². The van der Waals surface area contributed by atoms with Gasteiger partial charge in [-0.05, 0) is 45.8 Å². The highest BCUT2D eigenvalue weighted by Gasteiger charge is 2.36. The molecule has 1 unspecified atom stereocenters. The highest BCUT2D eigenvalue weighted by atomic mass is 15.2. The fraction of sp³-hybridized carbons (Fsp3) is 1.00. The Morgan fingerprint density at radius 3 is 1.89 bits per heavy atom. The molecule has 0 aliphatic heterocycles. The number of hydrogen-bond donors (Lipinski definition) is 1. The molecule has 1 N–H and O–H groups in total. The second kappa shape index (κ2) is 8.92. The maximum atomic E-state index is 3.74. The van der Waals surface area contributed by atoms with Gasteiger partial charge in [-0.1, -0.05) is 47.5 Å². The van der Waals surface area contributed by atoms with Gasteiger partial charge in [-0.2, -0.15) is 0 Å². The van der Waals surface area contributed by atoms with Gasteiger partial charge in [0.05, 0.1) is 0 Å². The first-order chi connectivity index (χ1) is 8.44. The van der Waals surface area contributed by atoms with Crippen LogP contribution in [-0.2, 0) is 0 Å². The molecule has 18 heavy (non-hydrogen) atoms. The third kappa shape index (κ3) is 4.89. The molecular formula is C16H36N2. The van der Waals surface area contributed by atoms with Gasteiger partial charge in [0.2, 0.25) is 0 Å². The number of hydrogen-bond acceptors (Lipinski definition) is 2. The normalized spacial score (nSPS) is 14.5. The average Bonchev–Trinajstić information content (AvgIpc) is 2.30. The van der Waals surface area contributed by atoms with Crippen molar-refractivity contribution >= 4 is 0 Å². The van der Waals surface area contributed by atoms with Crippen LogP contribution in [0.5, 0.6) is 0 Å². The monoisotopic (exact) mass is 256 g/mol. The molecule has 2 heteroatoms. The first kappa shape index (κ1) is 17.9. The molecule has 0 radical (unpaired) electrons. The summed E-state index contributed by atoms with van der Waals surface area (Å²) in [4.78, 5) is 2.44. The van der Waals surface area contributed by atoms with Gasteiger partial charge in [0.1, 0.15) is 0 Å². The molecule has 0 aromatic rings. The molecule has 0 heterocycles. The summed E-state index contributed by atoms with van der Waals surface area (Å²) in [5.74, 6) is 0.823. The molecule has 0 aromatic carbocycles. The number of rotatable bonds is 10. The summed E-state index contributed by atoms with van der Waals surface area (Å²) >= 11 is 0. The molecule has 0 aliphatic rings. The third-order valence-corrected chi connectivity index (χ3v) is 4.49. The lowest BCUT2D eigenvalue weighted by atomic mass is 9.80. The Hall–Kier alpha value is -0.0800. The Morgan fingerprint density at radius 2 is 1.56 bits per heavy atom. The van der Waals surface area contributed by atoms with Crippen LogP contribution in [0, 0.1) is 5.92 Å². The Morgan fingerprint density at radius 1 is 1.00 bits per heavy atom. The van der Waals surface area contributed by atoms with Gasteiger partial charge < -0.3 is 10.2 Å². The van der Waals surface area contributed by atoms with Gasteiger partial charge in [0, 0.05) is 11.6 Å². The first-order valence-corrected chi connectivity index (χ1v) is 7.85. The van der Waals surface area contributed by atoms with Gasteiger partial charge in [-0.3, -0.25) is 0 Å². The predicted molar refractivity (Wildman–Crippen MR) is 83.2 cm³/mol. The van der Waals surface area contributed by atoms with Crippen molar-refractivity contribution in [2.24, 2.45) is 5.92 Å². The second-order valence-corrected chi connectivity index (χ2v) is 6.14. The van der Waals surface area contributed by atoms with Crippen molar-refractivity contribution in [3.8, 4) is 0 Å². The van der Waals surface area contributed by atoms with E-state index in [0.717, 1.165) is 12.5 Å². The van der Waals surface area contributed by atoms with E-state index in [1.165, 1.54) is 32.1 Å². The summed E-state index contributed by atoms with van der Waals surface area (Å²) in [6, 6.07) is 0.617. The van der Waals surface area contributed by atoms with E-state index in [9.17, 15) is 0 Å². The van der Waals surface area contributed by atoms with Crippen LogP contribution in [0.1, 0.15) is 66.7 Å². The van der Waals surface area contributed by atoms with Gasteiger partial charge in [0.25, 0.3) is 0 Å². The lowest BCUT2D eigenvalue weighted by molar-refractivity contribution is 0.0831. The zero-order chi connectivity index (χ0) is 14.2. The van der Waals surface area contributed by atoms with Crippen LogP contribution in [0.4, 0.5) is 0 Å². The van der Waals surface area contributed by atoms with Gasteiger partial charge in [0.15, 0.2) is 0 Å². The fourth-order valence-electron chi connectivity index (χ4n) is 3.22. The standard InChI is InChI=1S/C16H36N2/c1-8-16(9-2,18(6)7)15(17-10-3)13-11-12-14(4)5/h14-15,17H,8-13H2,1-7H3. The van der Waals surface area contributed by atoms with Crippen LogP contribution < -0.4 is 5.32 Å². The third-order valence-electron chi connectivity index (χ3n) is 4.49. The van der Waals surface area contributed by atoms with Crippen molar-refractivity contribution in [2.45, 2.75) is 78.3 Å². The molecule has 2 nitrogen and oxygen atoms in total. The highest BCUT2D eigenvalue weighted by molar-refractivity contribution is 4.96. The zero-order valence-corrected chi connectivity index (χ0v) is 13.8. The SMILES string of the molecule is CCNC(CCCC(C)C)C(CC)(CC)N(C)C. The highest BCUT2D eigenvalue weighted by Crippen LogP contribution is 2.29. The van der Waals surface area contributed by atoms with E-state index in [4.69, 9.17) is 0 Å². The maximum Gasteiger partial charge on any atom is 0.0351 e. The lowest BCUT2D eigenvalue weighted by Crippen LogP contribution is -2.58. The van der Waals surface area contributed by atoms with Gasteiger partial charge in [-0.15, -0.1) is 0 Å². The minimum atomic E-state index is 0.312. The summed E-state index contributed by atoms with van der Waals surface area (Å²) in [5.41, 5.74) is 0.312. The molecule has 0 aliphatic carbocycles. The summed E-state index contributed by atoms with van der Waals surface area (Å²) in [6.07, 6.45) is 6.42. The smallest absolute Gasteiger partial charge is 0.0351 e. The Bertz CT molecular complexity index is 195. The minimum absolute atomic E-state index is 0.312. The number of likely N-dealkylation sites (N-methyl/N-ethyl adjacent to an activating group) is 2. The number of nitrogens with one attached hydrogen (secondary N) is 1. The van der Waals surface area contributed by atoms with Crippen molar-refractivity contribution in [1.29, 1.82) is 0 Å². The van der Waals surface area contributed by atoms with Crippen LogP contribution in [-0.4, -0.2) is 37.1 Å². The van der Waals surface area contributed by atoms with Crippen molar-refractivity contribution in [2.75, 3.05) is 20.6 Å². The van der Waals surface area contributed by atoms with E-state index < -0.39 is 0 Å². The molecule has 0 rings (SSSR count). The maximum absolute atomic E-state index is 3.74. The first-order valence-electron chi connectivity index (χ1n) is 7.85. The van der Waals surface area contributed by atoms with Crippen molar-refractivity contribution in [1.82, 2.24) is 10.2 Å². The van der Waals surface area contributed by atoms with E-state index in [0.29, 0.717) is 11.6 Å². The van der Waals surface area contributed by atoms with Crippen molar-refractivity contribution in [3.05, 3.63) is 0 Å². The summed E-state index contributed by atoms with van der Waals surface area (Å²) in [6.45, 7) is 12.6. The van der Waals surface area contributed by atoms with Crippen LogP contribution in [0.15, 0.2) is 0 Å². The average molecular weight is 256 g/mol. The zero-order valence-electron chi connectivity index (χ0n) is 13.8. The quantitative estimate of drug-likeness (QED) is 0.637. The van der Waals surface area contributed by atoms with Crippen LogP contribution >= 0.6 is 0 Å². The van der Waals surface area contributed by atoms with Crippen LogP contribution in [0.25, 0.3) is 0 Å². The predicted octanol–water partition coefficient (Wildman–Crippen LogP) is 3.91. The number of nitrogens with zero attached hydrogens (tertiary/aromatic N) is 1. The molecule has 1 atom stereocenters. The van der Waals surface area contributed by atoms with E-state index in [1.54, 1.807) is 0 Å². The van der Waals surface area contributed by atoms with Crippen molar-refractivity contribution in [3.63, 3.8) is 0 Å². The Kier molecular flexibility index (Phi) is 8.89. The molecule has 0 fully saturated rings. The van der Waals surface area contributed by atoms with E-state index >= 15 is 0 Å². The molecule has 0 saturated heterocycles. The van der Waals surface area contributed by atoms with E-state index in [1.807, 2.05) is 0 Å². The summed E-state index contributed by atoms with van der Waals surface area (Å²) in [7, 11) is 4.47. The summed E-state index contributed by atoms with van der Waals surface area (Å²) < 4.78 is 0. The van der Waals surface area contributed by atoms with Gasteiger partial charge in [-0.25, -0.2) is 0 Å². The van der Waals surface area contributed by atoms with E-state index in [2.05, 4.69) is 58.9 Å². The van der Waals surface area contributed by atoms with Crippen molar-refractivity contribution < 1.29 is 0 Å². The molecule has 0 amide bonds. The molecule has 0 spiro atoms. The Labute approximate surface area is 116 Å². The molecular weight excluding hydrogens is 220 g/mol. The van der Waals surface area contributed by atoms with Crippen LogP contribution in [0.3, 0.4) is 0 Å². The van der Waals surface area contributed by atoms with E-state index in [-0.39, 0.29) is 0 Å². The largest absolute Gasteiger partial charge is 0.312 e. The van der Waals surface area contributed by atoms with Crippen LogP contribution in [0.2, 0.25) is 0 Å².